The van der Waals surface area contributed by atoms with Crippen molar-refractivity contribution < 1.29 is 4.39 Å². The van der Waals surface area contributed by atoms with E-state index in [0.717, 1.165) is 10.9 Å². The van der Waals surface area contributed by atoms with Crippen molar-refractivity contribution in [2.45, 2.75) is 6.04 Å². The summed E-state index contributed by atoms with van der Waals surface area (Å²) in [5.74, 6) is 0.316. The van der Waals surface area contributed by atoms with Gasteiger partial charge in [-0.15, -0.1) is 0 Å². The Bertz CT molecular complexity index is 886. The minimum atomic E-state index is -0.362. The summed E-state index contributed by atoms with van der Waals surface area (Å²) in [6, 6.07) is 17.3. The van der Waals surface area contributed by atoms with Gasteiger partial charge in [-0.25, -0.2) is 9.37 Å². The number of rotatable bonds is 4. The molecule has 0 spiro atoms. The Hall–Kier alpha value is -2.97. The number of aromatic nitrogens is 1. The van der Waals surface area contributed by atoms with Crippen LogP contribution in [-0.4, -0.2) is 11.5 Å². The quantitative estimate of drug-likeness (QED) is 0.775. The van der Waals surface area contributed by atoms with Crippen molar-refractivity contribution in [3.8, 4) is 6.07 Å². The number of nitrogens with zero attached hydrogens (tertiary/aromatic N) is 2. The van der Waals surface area contributed by atoms with Gasteiger partial charge >= 0.3 is 0 Å². The average Bonchev–Trinajstić information content (AvgIpc) is 2.60. The Kier molecular flexibility index (Phi) is 4.18. The van der Waals surface area contributed by atoms with Crippen molar-refractivity contribution in [3.05, 3.63) is 71.5 Å². The fourth-order valence-corrected chi connectivity index (χ4v) is 2.48. The van der Waals surface area contributed by atoms with Gasteiger partial charge in [0, 0.05) is 17.5 Å². The number of benzene rings is 2. The molecule has 1 heterocycles. The number of fused-ring (bicyclic) bond motifs is 1. The number of hydrogen-bond acceptors (Lipinski definition) is 4. The van der Waals surface area contributed by atoms with Crippen molar-refractivity contribution >= 4 is 16.7 Å². The van der Waals surface area contributed by atoms with Gasteiger partial charge < -0.3 is 11.1 Å². The molecule has 3 aromatic rings. The topological polar surface area (TPSA) is 74.7 Å². The second-order valence-electron chi connectivity index (χ2n) is 5.17. The summed E-state index contributed by atoms with van der Waals surface area (Å²) in [5.41, 5.74) is 7.64. The van der Waals surface area contributed by atoms with Crippen LogP contribution in [0.2, 0.25) is 0 Å². The number of anilines is 1. The predicted octanol–water partition coefficient (Wildman–Crippen LogP) is 3.36. The lowest BCUT2D eigenvalue weighted by molar-refractivity contribution is 0.593. The van der Waals surface area contributed by atoms with E-state index in [1.807, 2.05) is 6.07 Å². The molecule has 0 aliphatic heterocycles. The monoisotopic (exact) mass is 306 g/mol. The fourth-order valence-electron chi connectivity index (χ4n) is 2.48. The maximum atomic E-state index is 13.9. The summed E-state index contributed by atoms with van der Waals surface area (Å²) in [7, 11) is 0. The molecule has 0 aliphatic carbocycles. The highest BCUT2D eigenvalue weighted by molar-refractivity contribution is 5.81. The maximum absolute atomic E-state index is 13.9. The molecule has 3 rings (SSSR count). The van der Waals surface area contributed by atoms with Crippen molar-refractivity contribution in [1.82, 2.24) is 4.98 Å². The van der Waals surface area contributed by atoms with Gasteiger partial charge in [-0.05, 0) is 36.4 Å². The highest BCUT2D eigenvalue weighted by Gasteiger charge is 2.14. The summed E-state index contributed by atoms with van der Waals surface area (Å²) in [4.78, 5) is 4.50. The third kappa shape index (κ3) is 3.12. The molecule has 2 aromatic carbocycles. The van der Waals surface area contributed by atoms with Crippen LogP contribution >= 0.6 is 0 Å². The lowest BCUT2D eigenvalue weighted by Crippen LogP contribution is -2.22. The SMILES string of the molecule is N#Cc1ccc2nc(NC(CN)c3ccccc3F)ccc2c1. The first-order valence-electron chi connectivity index (χ1n) is 7.23. The standard InChI is InChI=1S/C18H15FN4/c19-15-4-2-1-3-14(15)17(11-21)23-18-8-6-13-9-12(10-20)5-7-16(13)22-18/h1-9,17H,11,21H2,(H,22,23). The number of nitriles is 1. The first kappa shape index (κ1) is 14.9. The van der Waals surface area contributed by atoms with Gasteiger partial charge in [-0.3, -0.25) is 0 Å². The zero-order chi connectivity index (χ0) is 16.2. The zero-order valence-corrected chi connectivity index (χ0v) is 12.3. The molecule has 23 heavy (non-hydrogen) atoms. The van der Waals surface area contributed by atoms with E-state index in [9.17, 15) is 4.39 Å². The summed E-state index contributed by atoms with van der Waals surface area (Å²) >= 11 is 0. The molecule has 0 aliphatic rings. The Morgan fingerprint density at radius 1 is 1.17 bits per heavy atom. The third-order valence-corrected chi connectivity index (χ3v) is 3.66. The van der Waals surface area contributed by atoms with Crippen LogP contribution in [-0.2, 0) is 0 Å². The maximum Gasteiger partial charge on any atom is 0.128 e. The lowest BCUT2D eigenvalue weighted by atomic mass is 10.1. The molecule has 3 N–H and O–H groups in total. The van der Waals surface area contributed by atoms with Gasteiger partial charge in [0.15, 0.2) is 0 Å². The van der Waals surface area contributed by atoms with Gasteiger partial charge in [0.1, 0.15) is 11.6 Å². The van der Waals surface area contributed by atoms with E-state index in [-0.39, 0.29) is 18.4 Å². The molecular formula is C18H15FN4. The normalized spacial score (nSPS) is 11.9. The highest BCUT2D eigenvalue weighted by Crippen LogP contribution is 2.22. The molecule has 0 fully saturated rings. The van der Waals surface area contributed by atoms with Crippen LogP contribution in [0.5, 0.6) is 0 Å². The van der Waals surface area contributed by atoms with Crippen molar-refractivity contribution in [1.29, 1.82) is 5.26 Å². The Balaban J connectivity index is 1.91. The summed E-state index contributed by atoms with van der Waals surface area (Å²) in [6.45, 7) is 0.244. The Labute approximate surface area is 133 Å². The molecule has 0 radical (unpaired) electrons. The van der Waals surface area contributed by atoms with E-state index in [1.54, 1.807) is 42.5 Å². The minimum absolute atomic E-state index is 0.244. The molecule has 5 heteroatoms. The number of nitrogens with one attached hydrogen (secondary N) is 1. The summed E-state index contributed by atoms with van der Waals surface area (Å²) in [6.07, 6.45) is 0. The smallest absolute Gasteiger partial charge is 0.128 e. The summed E-state index contributed by atoms with van der Waals surface area (Å²) < 4.78 is 13.9. The van der Waals surface area contributed by atoms with Crippen LogP contribution in [0.25, 0.3) is 10.9 Å². The molecule has 0 saturated carbocycles. The molecule has 1 atom stereocenters. The van der Waals surface area contributed by atoms with E-state index in [1.165, 1.54) is 6.07 Å². The van der Waals surface area contributed by atoms with E-state index in [4.69, 9.17) is 11.0 Å². The fraction of sp³-hybridized carbons (Fsp3) is 0.111. The van der Waals surface area contributed by atoms with Crippen LogP contribution in [0.15, 0.2) is 54.6 Å². The third-order valence-electron chi connectivity index (χ3n) is 3.66. The number of pyridine rings is 1. The first-order chi connectivity index (χ1) is 11.2. The van der Waals surface area contributed by atoms with Crippen LogP contribution in [0.1, 0.15) is 17.2 Å². The molecule has 0 saturated heterocycles. The van der Waals surface area contributed by atoms with Crippen molar-refractivity contribution in [2.75, 3.05) is 11.9 Å². The van der Waals surface area contributed by atoms with Gasteiger partial charge in [0.05, 0.1) is 23.2 Å². The van der Waals surface area contributed by atoms with Gasteiger partial charge in [0.25, 0.3) is 0 Å². The molecular weight excluding hydrogens is 291 g/mol. The average molecular weight is 306 g/mol. The molecule has 114 valence electrons. The van der Waals surface area contributed by atoms with Gasteiger partial charge in [-0.1, -0.05) is 18.2 Å². The summed E-state index contributed by atoms with van der Waals surface area (Å²) in [5, 5.41) is 13.0. The zero-order valence-electron chi connectivity index (χ0n) is 12.3. The van der Waals surface area contributed by atoms with Crippen molar-refractivity contribution in [3.63, 3.8) is 0 Å². The number of nitrogens with two attached hydrogens (primary N) is 1. The van der Waals surface area contributed by atoms with Gasteiger partial charge in [-0.2, -0.15) is 5.26 Å². The van der Waals surface area contributed by atoms with Crippen LogP contribution in [0.3, 0.4) is 0 Å². The van der Waals surface area contributed by atoms with Crippen LogP contribution < -0.4 is 11.1 Å². The number of halogens is 1. The number of hydrogen-bond donors (Lipinski definition) is 2. The Morgan fingerprint density at radius 2 is 2.00 bits per heavy atom. The lowest BCUT2D eigenvalue weighted by Gasteiger charge is -2.18. The molecule has 0 amide bonds. The van der Waals surface area contributed by atoms with E-state index < -0.39 is 0 Å². The molecule has 0 bridgehead atoms. The second kappa shape index (κ2) is 6.42. The largest absolute Gasteiger partial charge is 0.362 e. The highest BCUT2D eigenvalue weighted by atomic mass is 19.1. The minimum Gasteiger partial charge on any atom is -0.362 e. The molecule has 1 aromatic heterocycles. The van der Waals surface area contributed by atoms with E-state index >= 15 is 0 Å². The first-order valence-corrected chi connectivity index (χ1v) is 7.23. The van der Waals surface area contributed by atoms with E-state index in [0.29, 0.717) is 16.9 Å². The molecule has 4 nitrogen and oxygen atoms in total. The van der Waals surface area contributed by atoms with Gasteiger partial charge in [0.2, 0.25) is 0 Å². The molecule has 1 unspecified atom stereocenters. The van der Waals surface area contributed by atoms with Crippen LogP contribution in [0.4, 0.5) is 10.2 Å². The second-order valence-corrected chi connectivity index (χ2v) is 5.17. The van der Waals surface area contributed by atoms with Crippen molar-refractivity contribution in [2.24, 2.45) is 5.73 Å². The predicted molar refractivity (Wildman–Crippen MR) is 88.3 cm³/mol. The van der Waals surface area contributed by atoms with E-state index in [2.05, 4.69) is 16.4 Å². The van der Waals surface area contributed by atoms with Crippen LogP contribution in [0, 0.1) is 17.1 Å². The Morgan fingerprint density at radius 3 is 2.74 bits per heavy atom.